The number of rotatable bonds is 4. The van der Waals surface area contributed by atoms with Crippen molar-refractivity contribution in [3.8, 4) is 11.3 Å². The summed E-state index contributed by atoms with van der Waals surface area (Å²) in [5.41, 5.74) is 0.465. The molecule has 0 aliphatic heterocycles. The van der Waals surface area contributed by atoms with Gasteiger partial charge in [0.05, 0.1) is 16.3 Å². The molecule has 0 saturated carbocycles. The standard InChI is InChI=1S/C19H14BrCl2N2O3/c1-10-16(17(27-24-10)12-8-7-11(20)9-15(12)22)19(2,23-18(25)26)13-5-3-4-6-14(13)21/h3-9,23H,2H2,1H3,(H,25,26). The van der Waals surface area contributed by atoms with Crippen molar-refractivity contribution < 1.29 is 14.4 Å². The van der Waals surface area contributed by atoms with E-state index in [1.54, 1.807) is 49.4 Å². The first-order chi connectivity index (χ1) is 12.7. The molecule has 1 atom stereocenters. The summed E-state index contributed by atoms with van der Waals surface area (Å²) in [6.45, 7) is 5.85. The van der Waals surface area contributed by atoms with Gasteiger partial charge < -0.3 is 14.9 Å². The van der Waals surface area contributed by atoms with Crippen molar-refractivity contribution in [1.29, 1.82) is 0 Å². The second-order valence-corrected chi connectivity index (χ2v) is 7.64. The number of carbonyl (C=O) groups is 1. The Balaban J connectivity index is 2.30. The van der Waals surface area contributed by atoms with Crippen LogP contribution in [0.15, 0.2) is 51.5 Å². The van der Waals surface area contributed by atoms with E-state index in [0.29, 0.717) is 38.2 Å². The Morgan fingerprint density at radius 3 is 2.59 bits per heavy atom. The monoisotopic (exact) mass is 467 g/mol. The lowest BCUT2D eigenvalue weighted by atomic mass is 9.82. The van der Waals surface area contributed by atoms with Gasteiger partial charge in [0, 0.05) is 20.6 Å². The Hall–Kier alpha value is -2.02. The minimum atomic E-state index is -1.46. The smallest absolute Gasteiger partial charge is 0.405 e. The molecule has 0 spiro atoms. The normalized spacial score (nSPS) is 13.2. The van der Waals surface area contributed by atoms with Gasteiger partial charge in [-0.25, -0.2) is 4.79 Å². The van der Waals surface area contributed by atoms with Crippen molar-refractivity contribution in [2.24, 2.45) is 0 Å². The van der Waals surface area contributed by atoms with Gasteiger partial charge in [-0.3, -0.25) is 0 Å². The van der Waals surface area contributed by atoms with E-state index in [1.807, 2.05) is 0 Å². The van der Waals surface area contributed by atoms with Crippen LogP contribution in [0.2, 0.25) is 10.0 Å². The molecule has 2 N–H and O–H groups in total. The number of nitrogens with one attached hydrogen (secondary N) is 1. The maximum Gasteiger partial charge on any atom is 0.405 e. The van der Waals surface area contributed by atoms with Crippen molar-refractivity contribution in [2.45, 2.75) is 12.5 Å². The van der Waals surface area contributed by atoms with Gasteiger partial charge in [0.15, 0.2) is 5.76 Å². The number of halogens is 3. The quantitative estimate of drug-likeness (QED) is 0.487. The summed E-state index contributed by atoms with van der Waals surface area (Å²) < 4.78 is 6.32. The lowest BCUT2D eigenvalue weighted by molar-refractivity contribution is 0.187. The summed E-state index contributed by atoms with van der Waals surface area (Å²) in [6.07, 6.45) is -1.27. The molecule has 27 heavy (non-hydrogen) atoms. The molecule has 5 nitrogen and oxygen atoms in total. The first-order valence-corrected chi connectivity index (χ1v) is 9.32. The number of hydrogen-bond donors (Lipinski definition) is 2. The van der Waals surface area contributed by atoms with Gasteiger partial charge in [-0.1, -0.05) is 62.5 Å². The van der Waals surface area contributed by atoms with Crippen LogP contribution in [0.25, 0.3) is 11.3 Å². The molecule has 0 bridgehead atoms. The van der Waals surface area contributed by atoms with Gasteiger partial charge in [-0.2, -0.15) is 0 Å². The summed E-state index contributed by atoms with van der Waals surface area (Å²) in [7, 11) is 0. The van der Waals surface area contributed by atoms with E-state index < -0.39 is 11.6 Å². The van der Waals surface area contributed by atoms with Gasteiger partial charge in [0.25, 0.3) is 0 Å². The van der Waals surface area contributed by atoms with E-state index in [-0.39, 0.29) is 0 Å². The number of amides is 1. The van der Waals surface area contributed by atoms with Gasteiger partial charge in [-0.05, 0) is 38.1 Å². The largest absolute Gasteiger partial charge is 0.465 e. The molecule has 1 heterocycles. The molecule has 0 aliphatic rings. The van der Waals surface area contributed by atoms with E-state index in [9.17, 15) is 9.90 Å². The van der Waals surface area contributed by atoms with E-state index in [1.165, 1.54) is 0 Å². The zero-order valence-corrected chi connectivity index (χ0v) is 17.2. The average Bonchev–Trinajstić information content (AvgIpc) is 2.96. The molecule has 139 valence electrons. The van der Waals surface area contributed by atoms with Crippen molar-refractivity contribution >= 4 is 45.2 Å². The minimum absolute atomic E-state index is 0.314. The predicted molar refractivity (Wildman–Crippen MR) is 108 cm³/mol. The van der Waals surface area contributed by atoms with Crippen LogP contribution in [0, 0.1) is 13.8 Å². The Morgan fingerprint density at radius 2 is 1.96 bits per heavy atom. The van der Waals surface area contributed by atoms with Crippen LogP contribution in [0.5, 0.6) is 0 Å². The molecule has 0 saturated heterocycles. The summed E-state index contributed by atoms with van der Waals surface area (Å²) in [5, 5.41) is 16.7. The third-order valence-corrected chi connectivity index (χ3v) is 5.25. The summed E-state index contributed by atoms with van der Waals surface area (Å²) in [4.78, 5) is 11.6. The van der Waals surface area contributed by atoms with Crippen LogP contribution < -0.4 is 5.32 Å². The number of hydrogen-bond acceptors (Lipinski definition) is 3. The lowest BCUT2D eigenvalue weighted by Crippen LogP contribution is -2.44. The molecular weight excluding hydrogens is 455 g/mol. The van der Waals surface area contributed by atoms with Gasteiger partial charge in [0.2, 0.25) is 0 Å². The van der Waals surface area contributed by atoms with Crippen LogP contribution in [0.3, 0.4) is 0 Å². The number of aryl methyl sites for hydroxylation is 1. The minimum Gasteiger partial charge on any atom is -0.465 e. The van der Waals surface area contributed by atoms with Crippen LogP contribution in [0.4, 0.5) is 4.79 Å². The SMILES string of the molecule is [CH2]C(NC(=O)O)(c1ccccc1Cl)c1c(C)noc1-c1ccc(Br)cc1Cl. The fourth-order valence-electron chi connectivity index (χ4n) is 2.98. The number of carboxylic acid groups (broad SMARTS) is 1. The maximum absolute atomic E-state index is 11.6. The Labute approximate surface area is 174 Å². The molecule has 2 aromatic carbocycles. The molecule has 1 radical (unpaired) electrons. The van der Waals surface area contributed by atoms with Crippen molar-refractivity contribution in [2.75, 3.05) is 0 Å². The Bertz CT molecular complexity index is 1020. The highest BCUT2D eigenvalue weighted by molar-refractivity contribution is 9.10. The molecule has 1 unspecified atom stereocenters. The highest BCUT2D eigenvalue weighted by Crippen LogP contribution is 2.42. The van der Waals surface area contributed by atoms with Crippen LogP contribution >= 0.6 is 39.1 Å². The first-order valence-electron chi connectivity index (χ1n) is 7.77. The van der Waals surface area contributed by atoms with Crippen LogP contribution in [0.1, 0.15) is 16.8 Å². The lowest BCUT2D eigenvalue weighted by Gasteiger charge is -2.31. The molecule has 3 rings (SSSR count). The van der Waals surface area contributed by atoms with Crippen molar-refractivity contribution in [1.82, 2.24) is 10.5 Å². The van der Waals surface area contributed by atoms with Crippen molar-refractivity contribution in [3.05, 3.63) is 80.7 Å². The van der Waals surface area contributed by atoms with E-state index in [4.69, 9.17) is 27.7 Å². The zero-order chi connectivity index (χ0) is 19.8. The molecular formula is C19H14BrCl2N2O3. The predicted octanol–water partition coefficient (Wildman–Crippen LogP) is 6.06. The summed E-state index contributed by atoms with van der Waals surface area (Å²) in [5.74, 6) is 0.314. The fraction of sp³-hybridized carbons (Fsp3) is 0.105. The fourth-order valence-corrected chi connectivity index (χ4v) is 4.04. The Morgan fingerprint density at radius 1 is 1.26 bits per heavy atom. The molecule has 0 fully saturated rings. The number of nitrogens with zero attached hydrogens (tertiary/aromatic N) is 1. The van der Waals surface area contributed by atoms with E-state index in [2.05, 4.69) is 33.3 Å². The highest BCUT2D eigenvalue weighted by atomic mass is 79.9. The molecule has 3 aromatic rings. The highest BCUT2D eigenvalue weighted by Gasteiger charge is 2.39. The van der Waals surface area contributed by atoms with Crippen LogP contribution in [-0.4, -0.2) is 16.4 Å². The average molecular weight is 469 g/mol. The maximum atomic E-state index is 11.6. The Kier molecular flexibility index (Phi) is 5.51. The summed E-state index contributed by atoms with van der Waals surface area (Å²) >= 11 is 16.1. The molecule has 8 heteroatoms. The van der Waals surface area contributed by atoms with E-state index >= 15 is 0 Å². The zero-order valence-electron chi connectivity index (χ0n) is 14.1. The molecule has 1 amide bonds. The molecule has 1 aromatic heterocycles. The third-order valence-electron chi connectivity index (χ3n) is 4.12. The first kappa shape index (κ1) is 19.7. The second kappa shape index (κ2) is 7.54. The third kappa shape index (κ3) is 3.70. The van der Waals surface area contributed by atoms with Gasteiger partial charge >= 0.3 is 6.09 Å². The number of benzene rings is 2. The van der Waals surface area contributed by atoms with Gasteiger partial charge in [-0.15, -0.1) is 0 Å². The van der Waals surface area contributed by atoms with Gasteiger partial charge in [0.1, 0.15) is 5.54 Å². The van der Waals surface area contributed by atoms with Crippen LogP contribution in [-0.2, 0) is 5.54 Å². The van der Waals surface area contributed by atoms with E-state index in [0.717, 1.165) is 4.47 Å². The second-order valence-electron chi connectivity index (χ2n) is 5.91. The summed E-state index contributed by atoms with van der Waals surface area (Å²) in [6, 6.07) is 12.1. The van der Waals surface area contributed by atoms with Crippen molar-refractivity contribution in [3.63, 3.8) is 0 Å². The topological polar surface area (TPSA) is 75.4 Å². The molecule has 0 aliphatic carbocycles. The number of aromatic nitrogens is 1.